The third-order valence-electron chi connectivity index (χ3n) is 2.13. The number of benzene rings is 1. The first-order valence-corrected chi connectivity index (χ1v) is 6.11. The van der Waals surface area contributed by atoms with Crippen LogP contribution in [0.1, 0.15) is 33.3 Å². The molecule has 0 aromatic heterocycles. The van der Waals surface area contributed by atoms with Crippen LogP contribution in [0.2, 0.25) is 0 Å². The summed E-state index contributed by atoms with van der Waals surface area (Å²) in [5, 5.41) is 2.71. The summed E-state index contributed by atoms with van der Waals surface area (Å²) in [6.45, 7) is 7.45. The van der Waals surface area contributed by atoms with Crippen molar-refractivity contribution in [2.75, 3.05) is 5.32 Å². The molecular weight excluding hydrogens is 228 g/mol. The highest BCUT2D eigenvalue weighted by Crippen LogP contribution is 2.14. The van der Waals surface area contributed by atoms with Gasteiger partial charge in [-0.05, 0) is 51.8 Å². The Labute approximate surface area is 109 Å². The molecule has 1 amide bonds. The van der Waals surface area contributed by atoms with Crippen molar-refractivity contribution in [1.82, 2.24) is 0 Å². The van der Waals surface area contributed by atoms with E-state index in [1.807, 2.05) is 52.0 Å². The van der Waals surface area contributed by atoms with Crippen molar-refractivity contribution >= 4 is 11.8 Å². The largest absolute Gasteiger partial charge is 0.444 e. The van der Waals surface area contributed by atoms with Gasteiger partial charge >= 0.3 is 6.09 Å². The van der Waals surface area contributed by atoms with E-state index < -0.39 is 11.7 Å². The SMILES string of the molecule is C[C@H](N)Cc1cccc(NC(=O)OC(C)(C)C)c1. The molecule has 0 fully saturated rings. The Morgan fingerprint density at radius 1 is 1.44 bits per heavy atom. The van der Waals surface area contributed by atoms with Gasteiger partial charge in [-0.15, -0.1) is 0 Å². The van der Waals surface area contributed by atoms with Crippen molar-refractivity contribution in [2.45, 2.75) is 45.8 Å². The number of carbonyl (C=O) groups is 1. The lowest BCUT2D eigenvalue weighted by atomic mass is 10.1. The van der Waals surface area contributed by atoms with Crippen LogP contribution in [0.4, 0.5) is 10.5 Å². The van der Waals surface area contributed by atoms with Crippen LogP contribution in [-0.4, -0.2) is 17.7 Å². The molecule has 4 nitrogen and oxygen atoms in total. The predicted molar refractivity (Wildman–Crippen MR) is 73.7 cm³/mol. The molecule has 3 N–H and O–H groups in total. The fourth-order valence-corrected chi connectivity index (χ4v) is 1.57. The number of anilines is 1. The Hall–Kier alpha value is -1.55. The van der Waals surface area contributed by atoms with E-state index >= 15 is 0 Å². The van der Waals surface area contributed by atoms with E-state index in [0.717, 1.165) is 17.7 Å². The van der Waals surface area contributed by atoms with Crippen molar-refractivity contribution in [3.8, 4) is 0 Å². The highest BCUT2D eigenvalue weighted by atomic mass is 16.6. The van der Waals surface area contributed by atoms with Crippen molar-refractivity contribution in [3.63, 3.8) is 0 Å². The van der Waals surface area contributed by atoms with Gasteiger partial charge in [0.15, 0.2) is 0 Å². The fourth-order valence-electron chi connectivity index (χ4n) is 1.57. The summed E-state index contributed by atoms with van der Waals surface area (Å²) in [6.07, 6.45) is 0.338. The van der Waals surface area contributed by atoms with Gasteiger partial charge in [-0.1, -0.05) is 12.1 Å². The maximum Gasteiger partial charge on any atom is 0.412 e. The molecule has 0 radical (unpaired) electrons. The molecular formula is C14H22N2O2. The second-order valence-corrected chi connectivity index (χ2v) is 5.51. The topological polar surface area (TPSA) is 64.3 Å². The average Bonchev–Trinajstić information content (AvgIpc) is 2.13. The van der Waals surface area contributed by atoms with Gasteiger partial charge in [-0.2, -0.15) is 0 Å². The maximum absolute atomic E-state index is 11.6. The van der Waals surface area contributed by atoms with Crippen molar-refractivity contribution in [2.24, 2.45) is 5.73 Å². The average molecular weight is 250 g/mol. The first kappa shape index (κ1) is 14.5. The van der Waals surface area contributed by atoms with Gasteiger partial charge in [0.2, 0.25) is 0 Å². The minimum absolute atomic E-state index is 0.0989. The van der Waals surface area contributed by atoms with Crippen molar-refractivity contribution < 1.29 is 9.53 Å². The second-order valence-electron chi connectivity index (χ2n) is 5.51. The molecule has 1 aromatic rings. The van der Waals surface area contributed by atoms with E-state index in [1.54, 1.807) is 0 Å². The Bertz CT molecular complexity index is 409. The molecule has 0 bridgehead atoms. The number of nitrogens with one attached hydrogen (secondary N) is 1. The summed E-state index contributed by atoms with van der Waals surface area (Å²) in [4.78, 5) is 11.6. The molecule has 0 aliphatic carbocycles. The summed E-state index contributed by atoms with van der Waals surface area (Å²) in [5.74, 6) is 0. The predicted octanol–water partition coefficient (Wildman–Crippen LogP) is 2.92. The molecule has 0 heterocycles. The zero-order valence-corrected chi connectivity index (χ0v) is 11.5. The normalized spacial score (nSPS) is 12.9. The number of rotatable bonds is 3. The quantitative estimate of drug-likeness (QED) is 0.867. The maximum atomic E-state index is 11.6. The molecule has 0 aliphatic rings. The summed E-state index contributed by atoms with van der Waals surface area (Å²) >= 11 is 0. The summed E-state index contributed by atoms with van der Waals surface area (Å²) in [7, 11) is 0. The third-order valence-corrected chi connectivity index (χ3v) is 2.13. The Kier molecular flexibility index (Phi) is 4.73. The number of hydrogen-bond acceptors (Lipinski definition) is 3. The molecule has 1 aromatic carbocycles. The summed E-state index contributed by atoms with van der Waals surface area (Å²) in [5.41, 5.74) is 7.07. The van der Waals surface area contributed by atoms with Crippen LogP contribution in [-0.2, 0) is 11.2 Å². The lowest BCUT2D eigenvalue weighted by Gasteiger charge is -2.19. The van der Waals surface area contributed by atoms with Crippen LogP contribution in [0.5, 0.6) is 0 Å². The van der Waals surface area contributed by atoms with E-state index in [2.05, 4.69) is 5.32 Å². The zero-order valence-electron chi connectivity index (χ0n) is 11.5. The van der Waals surface area contributed by atoms with Crippen LogP contribution >= 0.6 is 0 Å². The van der Waals surface area contributed by atoms with Crippen molar-refractivity contribution in [1.29, 1.82) is 0 Å². The summed E-state index contributed by atoms with van der Waals surface area (Å²) in [6, 6.07) is 7.72. The molecule has 18 heavy (non-hydrogen) atoms. The van der Waals surface area contributed by atoms with Gasteiger partial charge in [0, 0.05) is 11.7 Å². The van der Waals surface area contributed by atoms with Gasteiger partial charge in [0.05, 0.1) is 0 Å². The van der Waals surface area contributed by atoms with E-state index in [0.29, 0.717) is 0 Å². The van der Waals surface area contributed by atoms with Crippen LogP contribution in [0.25, 0.3) is 0 Å². The summed E-state index contributed by atoms with van der Waals surface area (Å²) < 4.78 is 5.19. The van der Waals surface area contributed by atoms with Gasteiger partial charge in [-0.25, -0.2) is 4.79 Å². The number of hydrogen-bond donors (Lipinski definition) is 2. The molecule has 1 rings (SSSR count). The van der Waals surface area contributed by atoms with E-state index in [4.69, 9.17) is 10.5 Å². The Morgan fingerprint density at radius 3 is 2.67 bits per heavy atom. The first-order valence-electron chi connectivity index (χ1n) is 6.11. The molecule has 1 atom stereocenters. The first-order chi connectivity index (χ1) is 8.26. The highest BCUT2D eigenvalue weighted by molar-refractivity contribution is 5.84. The van der Waals surface area contributed by atoms with Gasteiger partial charge in [0.25, 0.3) is 0 Å². The third kappa shape index (κ3) is 5.68. The van der Waals surface area contributed by atoms with Gasteiger partial charge in [-0.3, -0.25) is 5.32 Å². The Balaban J connectivity index is 2.65. The standard InChI is InChI=1S/C14H22N2O2/c1-10(15)8-11-6-5-7-12(9-11)16-13(17)18-14(2,3)4/h5-7,9-10H,8,15H2,1-4H3,(H,16,17)/t10-/m0/s1. The number of carbonyl (C=O) groups excluding carboxylic acids is 1. The number of amides is 1. The van der Waals surface area contributed by atoms with Gasteiger partial charge < -0.3 is 10.5 Å². The zero-order chi connectivity index (χ0) is 13.8. The molecule has 100 valence electrons. The molecule has 0 saturated carbocycles. The minimum atomic E-state index is -0.493. The Morgan fingerprint density at radius 2 is 2.11 bits per heavy atom. The number of nitrogens with two attached hydrogens (primary N) is 1. The molecule has 0 unspecified atom stereocenters. The second kappa shape index (κ2) is 5.87. The van der Waals surface area contributed by atoms with Crippen LogP contribution < -0.4 is 11.1 Å². The van der Waals surface area contributed by atoms with Crippen LogP contribution in [0.15, 0.2) is 24.3 Å². The highest BCUT2D eigenvalue weighted by Gasteiger charge is 2.16. The van der Waals surface area contributed by atoms with E-state index in [1.165, 1.54) is 0 Å². The molecule has 4 heteroatoms. The smallest absolute Gasteiger partial charge is 0.412 e. The van der Waals surface area contributed by atoms with Crippen molar-refractivity contribution in [3.05, 3.63) is 29.8 Å². The molecule has 0 spiro atoms. The lowest BCUT2D eigenvalue weighted by Crippen LogP contribution is -2.27. The fraction of sp³-hybridized carbons (Fsp3) is 0.500. The minimum Gasteiger partial charge on any atom is -0.444 e. The van der Waals surface area contributed by atoms with Crippen LogP contribution in [0, 0.1) is 0 Å². The van der Waals surface area contributed by atoms with E-state index in [9.17, 15) is 4.79 Å². The molecule has 0 saturated heterocycles. The number of ether oxygens (including phenoxy) is 1. The molecule has 0 aliphatic heterocycles. The monoisotopic (exact) mass is 250 g/mol. The van der Waals surface area contributed by atoms with Gasteiger partial charge in [0.1, 0.15) is 5.60 Å². The van der Waals surface area contributed by atoms with Crippen LogP contribution in [0.3, 0.4) is 0 Å². The van der Waals surface area contributed by atoms with E-state index in [-0.39, 0.29) is 6.04 Å². The lowest BCUT2D eigenvalue weighted by molar-refractivity contribution is 0.0636.